The highest BCUT2D eigenvalue weighted by molar-refractivity contribution is 7.92. The second-order valence-corrected chi connectivity index (χ2v) is 7.92. The fourth-order valence-electron chi connectivity index (χ4n) is 2.61. The van der Waals surface area contributed by atoms with Gasteiger partial charge >= 0.3 is 0 Å². The van der Waals surface area contributed by atoms with E-state index in [1.165, 1.54) is 18.3 Å². The summed E-state index contributed by atoms with van der Waals surface area (Å²) in [4.78, 5) is 16.2. The fourth-order valence-corrected chi connectivity index (χ4v) is 3.62. The molecular weight excluding hydrogens is 390 g/mol. The number of anilines is 2. The van der Waals surface area contributed by atoms with Gasteiger partial charge in [-0.3, -0.25) is 9.52 Å². The molecule has 150 valence electrons. The third-order valence-electron chi connectivity index (χ3n) is 4.15. The number of aromatic nitrogens is 1. The molecule has 29 heavy (non-hydrogen) atoms. The number of aryl methyl sites for hydroxylation is 1. The summed E-state index contributed by atoms with van der Waals surface area (Å²) in [7, 11) is -2.14. The highest BCUT2D eigenvalue weighted by Gasteiger charge is 2.14. The number of nitrogens with one attached hydrogen (secondary N) is 2. The normalized spacial score (nSPS) is 10.9. The van der Waals surface area contributed by atoms with Crippen LogP contribution in [-0.4, -0.2) is 26.4 Å². The van der Waals surface area contributed by atoms with Crippen molar-refractivity contribution < 1.29 is 17.9 Å². The van der Waals surface area contributed by atoms with E-state index in [1.54, 1.807) is 37.4 Å². The van der Waals surface area contributed by atoms with Crippen LogP contribution in [-0.2, 0) is 21.2 Å². The molecule has 0 saturated carbocycles. The molecule has 0 aliphatic carbocycles. The Kier molecular flexibility index (Phi) is 6.46. The molecule has 0 saturated heterocycles. The highest BCUT2D eigenvalue weighted by atomic mass is 32.2. The number of sulfonamides is 1. The molecule has 8 heteroatoms. The van der Waals surface area contributed by atoms with E-state index in [4.69, 9.17) is 4.74 Å². The molecule has 1 amide bonds. The van der Waals surface area contributed by atoms with E-state index < -0.39 is 10.0 Å². The minimum atomic E-state index is -3.75. The molecule has 1 aromatic heterocycles. The lowest BCUT2D eigenvalue weighted by atomic mass is 10.1. The molecule has 0 fully saturated rings. The zero-order valence-corrected chi connectivity index (χ0v) is 16.6. The van der Waals surface area contributed by atoms with E-state index in [-0.39, 0.29) is 16.6 Å². The minimum Gasteiger partial charge on any atom is -0.497 e. The second kappa shape index (κ2) is 9.20. The minimum absolute atomic E-state index is 0.0828. The highest BCUT2D eigenvalue weighted by Crippen LogP contribution is 2.18. The molecule has 0 bridgehead atoms. The van der Waals surface area contributed by atoms with Gasteiger partial charge in [0.25, 0.3) is 10.0 Å². The smallest absolute Gasteiger partial charge is 0.263 e. The van der Waals surface area contributed by atoms with Crippen LogP contribution in [0.3, 0.4) is 0 Å². The standard InChI is InChI=1S/C21H21N3O4S/c1-28-18-10-5-16(6-11-18)7-14-21(25)23-17-8-12-19(13-9-17)29(26,27)24-20-4-2-3-15-22-20/h2-6,8-13,15H,7,14H2,1H3,(H,22,24)(H,23,25). The Bertz CT molecular complexity index is 1050. The average Bonchev–Trinajstić information content (AvgIpc) is 2.73. The number of methoxy groups -OCH3 is 1. The maximum atomic E-state index is 12.4. The van der Waals surface area contributed by atoms with Gasteiger partial charge in [0.15, 0.2) is 0 Å². The predicted molar refractivity (Wildman–Crippen MR) is 111 cm³/mol. The van der Waals surface area contributed by atoms with Gasteiger partial charge in [0.05, 0.1) is 12.0 Å². The van der Waals surface area contributed by atoms with Crippen LogP contribution >= 0.6 is 0 Å². The monoisotopic (exact) mass is 411 g/mol. The summed E-state index contributed by atoms with van der Waals surface area (Å²) >= 11 is 0. The number of rotatable bonds is 8. The number of amides is 1. The topological polar surface area (TPSA) is 97.4 Å². The molecule has 0 radical (unpaired) electrons. The Hall–Kier alpha value is -3.39. The van der Waals surface area contributed by atoms with Crippen LogP contribution < -0.4 is 14.8 Å². The molecule has 1 heterocycles. The third-order valence-corrected chi connectivity index (χ3v) is 5.52. The number of hydrogen-bond donors (Lipinski definition) is 2. The van der Waals surface area contributed by atoms with Gasteiger partial charge in [0.1, 0.15) is 11.6 Å². The maximum Gasteiger partial charge on any atom is 0.263 e. The van der Waals surface area contributed by atoms with Crippen molar-refractivity contribution in [3.05, 3.63) is 78.5 Å². The number of nitrogens with zero attached hydrogens (tertiary/aromatic N) is 1. The molecule has 2 N–H and O–H groups in total. The van der Waals surface area contributed by atoms with Gasteiger partial charge in [-0.2, -0.15) is 0 Å². The number of ether oxygens (including phenoxy) is 1. The van der Waals surface area contributed by atoms with Crippen LogP contribution in [0.4, 0.5) is 11.5 Å². The van der Waals surface area contributed by atoms with Crippen LogP contribution in [0.25, 0.3) is 0 Å². The molecule has 7 nitrogen and oxygen atoms in total. The Morgan fingerprint density at radius 2 is 1.72 bits per heavy atom. The van der Waals surface area contributed by atoms with Crippen molar-refractivity contribution >= 4 is 27.4 Å². The number of carbonyl (C=O) groups excluding carboxylic acids is 1. The zero-order chi connectivity index (χ0) is 20.7. The Morgan fingerprint density at radius 1 is 1.00 bits per heavy atom. The summed E-state index contributed by atoms with van der Waals surface area (Å²) in [6, 6.07) is 18.5. The van der Waals surface area contributed by atoms with E-state index in [2.05, 4.69) is 15.0 Å². The first-order chi connectivity index (χ1) is 14.0. The summed E-state index contributed by atoms with van der Waals surface area (Å²) in [5, 5.41) is 2.77. The fraction of sp³-hybridized carbons (Fsp3) is 0.143. The first-order valence-electron chi connectivity index (χ1n) is 8.93. The van der Waals surface area contributed by atoms with Gasteiger partial charge in [0.2, 0.25) is 5.91 Å². The van der Waals surface area contributed by atoms with Crippen molar-refractivity contribution in [2.45, 2.75) is 17.7 Å². The molecule has 2 aromatic carbocycles. The summed E-state index contributed by atoms with van der Waals surface area (Å²) in [5.74, 6) is 0.859. The number of benzene rings is 2. The molecule has 3 rings (SSSR count). The van der Waals surface area contributed by atoms with Crippen molar-refractivity contribution in [2.75, 3.05) is 17.1 Å². The van der Waals surface area contributed by atoms with E-state index in [0.29, 0.717) is 18.5 Å². The Balaban J connectivity index is 1.56. The Labute approximate surface area is 169 Å². The van der Waals surface area contributed by atoms with Crippen molar-refractivity contribution in [1.29, 1.82) is 0 Å². The van der Waals surface area contributed by atoms with Crippen LogP contribution in [0.5, 0.6) is 5.75 Å². The first kappa shape index (κ1) is 20.3. The van der Waals surface area contributed by atoms with Gasteiger partial charge in [-0.25, -0.2) is 13.4 Å². The lowest BCUT2D eigenvalue weighted by molar-refractivity contribution is -0.116. The van der Waals surface area contributed by atoms with E-state index in [0.717, 1.165) is 11.3 Å². The first-order valence-corrected chi connectivity index (χ1v) is 10.4. The Morgan fingerprint density at radius 3 is 2.34 bits per heavy atom. The lowest BCUT2D eigenvalue weighted by Crippen LogP contribution is -2.15. The summed E-state index contributed by atoms with van der Waals surface area (Å²) in [6.45, 7) is 0. The van der Waals surface area contributed by atoms with Crippen molar-refractivity contribution in [2.24, 2.45) is 0 Å². The second-order valence-electron chi connectivity index (χ2n) is 6.24. The lowest BCUT2D eigenvalue weighted by Gasteiger charge is -2.09. The molecule has 0 aliphatic rings. The largest absolute Gasteiger partial charge is 0.497 e. The summed E-state index contributed by atoms with van der Waals surface area (Å²) in [6.07, 6.45) is 2.41. The van der Waals surface area contributed by atoms with Crippen molar-refractivity contribution in [3.8, 4) is 5.75 Å². The van der Waals surface area contributed by atoms with Gasteiger partial charge in [0, 0.05) is 18.3 Å². The molecule has 3 aromatic rings. The quantitative estimate of drug-likeness (QED) is 0.592. The molecule has 0 spiro atoms. The van der Waals surface area contributed by atoms with E-state index >= 15 is 0 Å². The molecule has 0 unspecified atom stereocenters. The van der Waals surface area contributed by atoms with Gasteiger partial charge in [-0.05, 0) is 60.5 Å². The SMILES string of the molecule is COc1ccc(CCC(=O)Nc2ccc(S(=O)(=O)Nc3ccccn3)cc2)cc1. The van der Waals surface area contributed by atoms with Gasteiger partial charge in [-0.15, -0.1) is 0 Å². The summed E-state index contributed by atoms with van der Waals surface area (Å²) in [5.41, 5.74) is 1.56. The van der Waals surface area contributed by atoms with Crippen molar-refractivity contribution in [1.82, 2.24) is 4.98 Å². The zero-order valence-electron chi connectivity index (χ0n) is 15.8. The van der Waals surface area contributed by atoms with Crippen LogP contribution in [0.1, 0.15) is 12.0 Å². The van der Waals surface area contributed by atoms with Gasteiger partial charge in [-0.1, -0.05) is 18.2 Å². The maximum absolute atomic E-state index is 12.4. The van der Waals surface area contributed by atoms with Gasteiger partial charge < -0.3 is 10.1 Å². The third kappa shape index (κ3) is 5.79. The average molecular weight is 411 g/mol. The molecule has 0 atom stereocenters. The number of carbonyl (C=O) groups is 1. The molecular formula is C21H21N3O4S. The summed E-state index contributed by atoms with van der Waals surface area (Å²) < 4.78 is 32.3. The van der Waals surface area contributed by atoms with Crippen LogP contribution in [0, 0.1) is 0 Å². The number of hydrogen-bond acceptors (Lipinski definition) is 5. The van der Waals surface area contributed by atoms with E-state index in [9.17, 15) is 13.2 Å². The van der Waals surface area contributed by atoms with Crippen molar-refractivity contribution in [3.63, 3.8) is 0 Å². The number of pyridine rings is 1. The predicted octanol–water partition coefficient (Wildman–Crippen LogP) is 3.46. The molecule has 0 aliphatic heterocycles. The van der Waals surface area contributed by atoms with Crippen LogP contribution in [0.2, 0.25) is 0 Å². The van der Waals surface area contributed by atoms with Crippen LogP contribution in [0.15, 0.2) is 77.8 Å². The van der Waals surface area contributed by atoms with E-state index in [1.807, 2.05) is 24.3 Å².